The highest BCUT2D eigenvalue weighted by molar-refractivity contribution is 7.12. The van der Waals surface area contributed by atoms with Gasteiger partial charge in [-0.3, -0.25) is 9.59 Å². The highest BCUT2D eigenvalue weighted by Crippen LogP contribution is 2.11. The second-order valence-electron chi connectivity index (χ2n) is 4.81. The molecular weight excluding hydrogens is 276 g/mol. The molecule has 1 aromatic rings. The molecule has 0 radical (unpaired) electrons. The van der Waals surface area contributed by atoms with E-state index < -0.39 is 6.04 Å². The lowest BCUT2D eigenvalue weighted by Gasteiger charge is -2.28. The van der Waals surface area contributed by atoms with Crippen LogP contribution in [0, 0.1) is 5.92 Å². The summed E-state index contributed by atoms with van der Waals surface area (Å²) in [5.41, 5.74) is 0. The second kappa shape index (κ2) is 8.01. The van der Waals surface area contributed by atoms with Gasteiger partial charge >= 0.3 is 0 Å². The first-order valence-corrected chi connectivity index (χ1v) is 7.63. The maximum absolute atomic E-state index is 12.4. The number of nitrogens with one attached hydrogen (secondary N) is 1. The quantitative estimate of drug-likeness (QED) is 0.798. The van der Waals surface area contributed by atoms with E-state index in [1.165, 1.54) is 11.3 Å². The average Bonchev–Trinajstić information content (AvgIpc) is 2.94. The van der Waals surface area contributed by atoms with Gasteiger partial charge in [0.15, 0.2) is 0 Å². The molecule has 0 spiro atoms. The lowest BCUT2D eigenvalue weighted by atomic mass is 10.0. The number of hydrogen-bond donors (Lipinski definition) is 2. The molecule has 5 nitrogen and oxygen atoms in total. The number of amides is 2. The average molecular weight is 298 g/mol. The van der Waals surface area contributed by atoms with Crippen molar-refractivity contribution >= 4 is 23.2 Å². The topological polar surface area (TPSA) is 69.6 Å². The zero-order valence-electron chi connectivity index (χ0n) is 12.1. The largest absolute Gasteiger partial charge is 0.395 e. The predicted octanol–water partition coefficient (Wildman–Crippen LogP) is 1.34. The van der Waals surface area contributed by atoms with E-state index in [0.29, 0.717) is 11.4 Å². The number of hydrogen-bond acceptors (Lipinski definition) is 4. The lowest BCUT2D eigenvalue weighted by Crippen LogP contribution is -2.51. The monoisotopic (exact) mass is 298 g/mol. The van der Waals surface area contributed by atoms with Gasteiger partial charge in [-0.2, -0.15) is 0 Å². The maximum atomic E-state index is 12.4. The van der Waals surface area contributed by atoms with Crippen LogP contribution >= 0.6 is 11.3 Å². The zero-order chi connectivity index (χ0) is 15.1. The van der Waals surface area contributed by atoms with Crippen molar-refractivity contribution in [3.05, 3.63) is 22.4 Å². The number of rotatable bonds is 7. The number of carbonyl (C=O) groups is 2. The molecule has 0 saturated carbocycles. The van der Waals surface area contributed by atoms with Crippen LogP contribution in [0.2, 0.25) is 0 Å². The van der Waals surface area contributed by atoms with Gasteiger partial charge in [0.2, 0.25) is 5.91 Å². The van der Waals surface area contributed by atoms with Crippen molar-refractivity contribution in [2.75, 3.05) is 19.7 Å². The van der Waals surface area contributed by atoms with Gasteiger partial charge in [0.05, 0.1) is 11.5 Å². The Bertz CT molecular complexity index is 432. The molecule has 0 aliphatic carbocycles. The minimum absolute atomic E-state index is 0.0147. The molecule has 1 unspecified atom stereocenters. The van der Waals surface area contributed by atoms with Crippen LogP contribution < -0.4 is 5.32 Å². The van der Waals surface area contributed by atoms with Crippen LogP contribution in [0.25, 0.3) is 0 Å². The molecule has 0 saturated heterocycles. The Hall–Kier alpha value is -1.40. The molecule has 6 heteroatoms. The van der Waals surface area contributed by atoms with E-state index in [2.05, 4.69) is 5.32 Å². The van der Waals surface area contributed by atoms with Crippen molar-refractivity contribution in [2.45, 2.75) is 26.8 Å². The number of nitrogens with zero attached hydrogens (tertiary/aromatic N) is 1. The normalized spacial score (nSPS) is 12.2. The number of carbonyl (C=O) groups excluding carboxylic acids is 2. The Morgan fingerprint density at radius 1 is 1.45 bits per heavy atom. The molecular formula is C14H22N2O3S. The summed E-state index contributed by atoms with van der Waals surface area (Å²) >= 11 is 1.34. The summed E-state index contributed by atoms with van der Waals surface area (Å²) in [6.45, 7) is 6.36. The van der Waals surface area contributed by atoms with Crippen LogP contribution in [0.15, 0.2) is 17.5 Å². The molecule has 0 bridgehead atoms. The number of likely N-dealkylation sites (N-methyl/N-ethyl adjacent to an activating group) is 1. The molecule has 2 amide bonds. The predicted molar refractivity (Wildman–Crippen MR) is 79.8 cm³/mol. The molecule has 1 aromatic heterocycles. The summed E-state index contributed by atoms with van der Waals surface area (Å²) in [5, 5.41) is 13.6. The third-order valence-electron chi connectivity index (χ3n) is 3.03. The second-order valence-corrected chi connectivity index (χ2v) is 5.76. The van der Waals surface area contributed by atoms with Gasteiger partial charge < -0.3 is 15.3 Å². The molecule has 112 valence electrons. The lowest BCUT2D eigenvalue weighted by molar-refractivity contribution is -0.134. The van der Waals surface area contributed by atoms with Gasteiger partial charge in [0, 0.05) is 13.1 Å². The van der Waals surface area contributed by atoms with Crippen LogP contribution in [0.5, 0.6) is 0 Å². The minimum atomic E-state index is -0.573. The summed E-state index contributed by atoms with van der Waals surface area (Å²) in [7, 11) is 0. The summed E-state index contributed by atoms with van der Waals surface area (Å²) in [6.07, 6.45) is 0. The number of aliphatic hydroxyl groups is 1. The van der Waals surface area contributed by atoms with Crippen LogP contribution in [-0.4, -0.2) is 47.6 Å². The smallest absolute Gasteiger partial charge is 0.262 e. The first-order valence-electron chi connectivity index (χ1n) is 6.75. The molecule has 1 atom stereocenters. The van der Waals surface area contributed by atoms with Gasteiger partial charge in [0.1, 0.15) is 6.04 Å². The molecule has 2 N–H and O–H groups in total. The molecule has 20 heavy (non-hydrogen) atoms. The highest BCUT2D eigenvalue weighted by atomic mass is 32.1. The van der Waals surface area contributed by atoms with E-state index in [4.69, 9.17) is 5.11 Å². The number of aliphatic hydroxyl groups excluding tert-OH is 1. The fraction of sp³-hybridized carbons (Fsp3) is 0.571. The van der Waals surface area contributed by atoms with E-state index in [1.54, 1.807) is 17.0 Å². The van der Waals surface area contributed by atoms with Crippen LogP contribution in [0.1, 0.15) is 30.4 Å². The fourth-order valence-corrected chi connectivity index (χ4v) is 2.50. The summed E-state index contributed by atoms with van der Waals surface area (Å²) in [6, 6.07) is 2.96. The van der Waals surface area contributed by atoms with Gasteiger partial charge in [0.25, 0.3) is 5.91 Å². The summed E-state index contributed by atoms with van der Waals surface area (Å²) < 4.78 is 0. The van der Waals surface area contributed by atoms with Crippen molar-refractivity contribution in [1.82, 2.24) is 10.2 Å². The van der Waals surface area contributed by atoms with Crippen molar-refractivity contribution < 1.29 is 14.7 Å². The number of thiophene rings is 1. The van der Waals surface area contributed by atoms with Gasteiger partial charge in [-0.1, -0.05) is 19.9 Å². The Labute approximate surface area is 123 Å². The standard InChI is InChI=1S/C14H22N2O3S/c1-4-16(7-8-17)14(19)12(10(2)3)15-13(18)11-6-5-9-20-11/h5-6,9-10,12,17H,4,7-8H2,1-3H3,(H,15,18). The Kier molecular flexibility index (Phi) is 6.67. The molecule has 0 fully saturated rings. The SMILES string of the molecule is CCN(CCO)C(=O)C(NC(=O)c1cccs1)C(C)C. The van der Waals surface area contributed by atoms with Crippen molar-refractivity contribution in [2.24, 2.45) is 5.92 Å². The maximum Gasteiger partial charge on any atom is 0.262 e. The van der Waals surface area contributed by atoms with E-state index >= 15 is 0 Å². The zero-order valence-corrected chi connectivity index (χ0v) is 12.9. The van der Waals surface area contributed by atoms with E-state index in [-0.39, 0.29) is 30.9 Å². The Balaban J connectivity index is 2.78. The molecule has 0 aliphatic heterocycles. The highest BCUT2D eigenvalue weighted by Gasteiger charge is 2.28. The Morgan fingerprint density at radius 2 is 2.15 bits per heavy atom. The minimum Gasteiger partial charge on any atom is -0.395 e. The van der Waals surface area contributed by atoms with E-state index in [9.17, 15) is 9.59 Å². The van der Waals surface area contributed by atoms with Gasteiger partial charge in [-0.25, -0.2) is 0 Å². The van der Waals surface area contributed by atoms with Crippen LogP contribution in [0.3, 0.4) is 0 Å². The van der Waals surface area contributed by atoms with Crippen LogP contribution in [0.4, 0.5) is 0 Å². The summed E-state index contributed by atoms with van der Waals surface area (Å²) in [5.74, 6) is -0.396. The fourth-order valence-electron chi connectivity index (χ4n) is 1.88. The van der Waals surface area contributed by atoms with E-state index in [0.717, 1.165) is 0 Å². The first kappa shape index (κ1) is 16.7. The molecule has 1 heterocycles. The van der Waals surface area contributed by atoms with Crippen LogP contribution in [-0.2, 0) is 4.79 Å². The third-order valence-corrected chi connectivity index (χ3v) is 3.90. The molecule has 1 rings (SSSR count). The third kappa shape index (κ3) is 4.31. The molecule has 0 aromatic carbocycles. The van der Waals surface area contributed by atoms with Gasteiger partial charge in [-0.05, 0) is 24.3 Å². The van der Waals surface area contributed by atoms with Crippen molar-refractivity contribution in [3.63, 3.8) is 0 Å². The van der Waals surface area contributed by atoms with Crippen molar-refractivity contribution in [1.29, 1.82) is 0 Å². The first-order chi connectivity index (χ1) is 9.51. The van der Waals surface area contributed by atoms with Gasteiger partial charge in [-0.15, -0.1) is 11.3 Å². The van der Waals surface area contributed by atoms with E-state index in [1.807, 2.05) is 26.2 Å². The summed E-state index contributed by atoms with van der Waals surface area (Å²) in [4.78, 5) is 26.6. The Morgan fingerprint density at radius 3 is 2.60 bits per heavy atom. The van der Waals surface area contributed by atoms with Crippen molar-refractivity contribution in [3.8, 4) is 0 Å². The molecule has 0 aliphatic rings.